The van der Waals surface area contributed by atoms with Crippen molar-refractivity contribution in [2.75, 3.05) is 26.2 Å². The first-order chi connectivity index (χ1) is 10.1. The number of hydrogen-bond donors (Lipinski definition) is 1. The molecule has 2 rings (SSSR count). The fraction of sp³-hybridized carbons (Fsp3) is 0.875. The number of thiocarbonyl (C=S) groups is 1. The first kappa shape index (κ1) is 16.7. The molecule has 0 bridgehead atoms. The minimum absolute atomic E-state index is 0.154. The molecule has 0 aromatic heterocycles. The molecule has 21 heavy (non-hydrogen) atoms. The summed E-state index contributed by atoms with van der Waals surface area (Å²) in [7, 11) is 0. The van der Waals surface area contributed by atoms with Gasteiger partial charge in [-0.2, -0.15) is 0 Å². The fourth-order valence-corrected chi connectivity index (χ4v) is 3.85. The lowest BCUT2D eigenvalue weighted by atomic mass is 9.97. The molecule has 0 saturated carbocycles. The van der Waals surface area contributed by atoms with Gasteiger partial charge in [0.05, 0.1) is 10.9 Å². The number of hydrogen-bond acceptors (Lipinski definition) is 3. The van der Waals surface area contributed by atoms with Gasteiger partial charge in [0.1, 0.15) is 0 Å². The second-order valence-corrected chi connectivity index (χ2v) is 6.87. The molecule has 2 N–H and O–H groups in total. The van der Waals surface area contributed by atoms with Gasteiger partial charge in [0.25, 0.3) is 0 Å². The van der Waals surface area contributed by atoms with Crippen molar-refractivity contribution >= 4 is 23.1 Å². The van der Waals surface area contributed by atoms with E-state index in [0.29, 0.717) is 11.0 Å². The predicted octanol–water partition coefficient (Wildman–Crippen LogP) is 2.17. The molecule has 1 unspecified atom stereocenters. The van der Waals surface area contributed by atoms with Crippen LogP contribution in [0.1, 0.15) is 51.9 Å². The molecule has 0 aromatic rings. The van der Waals surface area contributed by atoms with E-state index in [9.17, 15) is 4.79 Å². The maximum Gasteiger partial charge on any atom is 0.232 e. The van der Waals surface area contributed by atoms with Gasteiger partial charge < -0.3 is 15.5 Å². The molecule has 5 heteroatoms. The van der Waals surface area contributed by atoms with E-state index < -0.39 is 0 Å². The zero-order chi connectivity index (χ0) is 15.2. The van der Waals surface area contributed by atoms with E-state index in [1.165, 1.54) is 32.4 Å². The quantitative estimate of drug-likeness (QED) is 0.791. The van der Waals surface area contributed by atoms with E-state index in [4.69, 9.17) is 18.0 Å². The van der Waals surface area contributed by atoms with Crippen LogP contribution in [0.3, 0.4) is 0 Å². The highest BCUT2D eigenvalue weighted by Crippen LogP contribution is 2.22. The van der Waals surface area contributed by atoms with Gasteiger partial charge in [0, 0.05) is 19.1 Å². The van der Waals surface area contributed by atoms with Crippen LogP contribution in [0.4, 0.5) is 0 Å². The summed E-state index contributed by atoms with van der Waals surface area (Å²) in [6.45, 7) is 6.28. The molecule has 4 nitrogen and oxygen atoms in total. The van der Waals surface area contributed by atoms with E-state index in [-0.39, 0.29) is 11.8 Å². The van der Waals surface area contributed by atoms with Crippen molar-refractivity contribution in [3.05, 3.63) is 0 Å². The van der Waals surface area contributed by atoms with E-state index in [2.05, 4.69) is 11.8 Å². The molecule has 1 amide bonds. The number of likely N-dealkylation sites (tertiary alicyclic amines) is 2. The minimum atomic E-state index is -0.253. The van der Waals surface area contributed by atoms with Crippen LogP contribution in [0.2, 0.25) is 0 Å². The van der Waals surface area contributed by atoms with E-state index in [0.717, 1.165) is 38.8 Å². The molecule has 0 aromatic carbocycles. The fourth-order valence-electron chi connectivity index (χ4n) is 3.63. The summed E-state index contributed by atoms with van der Waals surface area (Å²) < 4.78 is 0. The lowest BCUT2D eigenvalue weighted by Crippen LogP contribution is -2.50. The van der Waals surface area contributed by atoms with Gasteiger partial charge in [-0.1, -0.05) is 32.0 Å². The Kier molecular flexibility index (Phi) is 6.42. The van der Waals surface area contributed by atoms with Gasteiger partial charge in [-0.05, 0) is 45.2 Å². The average molecular weight is 311 g/mol. The van der Waals surface area contributed by atoms with Crippen LogP contribution in [0.25, 0.3) is 0 Å². The van der Waals surface area contributed by atoms with Crippen LogP contribution in [-0.4, -0.2) is 52.9 Å². The summed E-state index contributed by atoms with van der Waals surface area (Å²) in [6.07, 6.45) is 7.96. The lowest BCUT2D eigenvalue weighted by Gasteiger charge is -2.41. The monoisotopic (exact) mass is 311 g/mol. The smallest absolute Gasteiger partial charge is 0.232 e. The number of carbonyl (C=O) groups is 1. The van der Waals surface area contributed by atoms with Crippen LogP contribution < -0.4 is 5.73 Å². The van der Waals surface area contributed by atoms with Crippen LogP contribution in [0.15, 0.2) is 0 Å². The standard InChI is InChI=1S/C16H29N3OS/c1-2-6-14(15(17)21)16(20)19-11-7-13(8-12-19)18-9-4-3-5-10-18/h13-14H,2-12H2,1H3,(H2,17,21). The highest BCUT2D eigenvalue weighted by molar-refractivity contribution is 7.80. The van der Waals surface area contributed by atoms with Crippen molar-refractivity contribution in [3.8, 4) is 0 Å². The normalized spacial score (nSPS) is 23.0. The molecule has 0 spiro atoms. The maximum absolute atomic E-state index is 12.6. The molecule has 0 radical (unpaired) electrons. The van der Waals surface area contributed by atoms with E-state index in [1.54, 1.807) is 0 Å². The summed E-state index contributed by atoms with van der Waals surface area (Å²) in [5, 5.41) is 0. The third kappa shape index (κ3) is 4.39. The van der Waals surface area contributed by atoms with E-state index in [1.807, 2.05) is 4.90 Å². The number of rotatable bonds is 5. The Morgan fingerprint density at radius 2 is 1.81 bits per heavy atom. The third-order valence-corrected chi connectivity index (χ3v) is 5.19. The molecule has 2 fully saturated rings. The van der Waals surface area contributed by atoms with E-state index >= 15 is 0 Å². The average Bonchev–Trinajstić information content (AvgIpc) is 2.53. The molecule has 0 aliphatic carbocycles. The molecular formula is C16H29N3OS. The topological polar surface area (TPSA) is 49.6 Å². The Labute approximate surface area is 134 Å². The minimum Gasteiger partial charge on any atom is -0.393 e. The molecule has 2 aliphatic heterocycles. The Bertz CT molecular complexity index is 361. The van der Waals surface area contributed by atoms with Crippen molar-refractivity contribution in [1.82, 2.24) is 9.80 Å². The number of nitrogens with two attached hydrogens (primary N) is 1. The van der Waals surface area contributed by atoms with Gasteiger partial charge in [0.2, 0.25) is 5.91 Å². The molecule has 120 valence electrons. The van der Waals surface area contributed by atoms with Crippen LogP contribution in [0, 0.1) is 5.92 Å². The Morgan fingerprint density at radius 1 is 1.19 bits per heavy atom. The van der Waals surface area contributed by atoms with Gasteiger partial charge in [-0.3, -0.25) is 4.79 Å². The molecular weight excluding hydrogens is 282 g/mol. The highest BCUT2D eigenvalue weighted by Gasteiger charge is 2.31. The number of carbonyl (C=O) groups excluding carboxylic acids is 1. The first-order valence-electron chi connectivity index (χ1n) is 8.45. The highest BCUT2D eigenvalue weighted by atomic mass is 32.1. The second kappa shape index (κ2) is 8.08. The number of amides is 1. The van der Waals surface area contributed by atoms with Crippen LogP contribution in [0.5, 0.6) is 0 Å². The van der Waals surface area contributed by atoms with Crippen molar-refractivity contribution in [1.29, 1.82) is 0 Å². The second-order valence-electron chi connectivity index (χ2n) is 6.40. The van der Waals surface area contributed by atoms with Gasteiger partial charge in [-0.15, -0.1) is 0 Å². The summed E-state index contributed by atoms with van der Waals surface area (Å²) >= 11 is 5.08. The zero-order valence-electron chi connectivity index (χ0n) is 13.2. The van der Waals surface area contributed by atoms with Crippen molar-refractivity contribution in [2.24, 2.45) is 11.7 Å². The SMILES string of the molecule is CCCC(C(=O)N1CCC(N2CCCCC2)CC1)C(N)=S. The third-order valence-electron chi connectivity index (χ3n) is 4.90. The Balaban J connectivity index is 1.84. The van der Waals surface area contributed by atoms with Gasteiger partial charge >= 0.3 is 0 Å². The van der Waals surface area contributed by atoms with Gasteiger partial charge in [-0.25, -0.2) is 0 Å². The molecule has 2 heterocycles. The van der Waals surface area contributed by atoms with Gasteiger partial charge in [0.15, 0.2) is 0 Å². The summed E-state index contributed by atoms with van der Waals surface area (Å²) in [5.74, 6) is -0.0991. The molecule has 2 aliphatic rings. The summed E-state index contributed by atoms with van der Waals surface area (Å²) in [4.78, 5) is 17.5. The van der Waals surface area contributed by atoms with Crippen molar-refractivity contribution in [2.45, 2.75) is 57.9 Å². The summed E-state index contributed by atoms with van der Waals surface area (Å²) in [5.41, 5.74) is 5.75. The zero-order valence-corrected chi connectivity index (χ0v) is 14.0. The van der Waals surface area contributed by atoms with Crippen LogP contribution >= 0.6 is 12.2 Å². The van der Waals surface area contributed by atoms with Crippen LogP contribution in [-0.2, 0) is 4.79 Å². The maximum atomic E-state index is 12.6. The van der Waals surface area contributed by atoms with Crippen molar-refractivity contribution < 1.29 is 4.79 Å². The predicted molar refractivity (Wildman–Crippen MR) is 90.2 cm³/mol. The molecule has 2 saturated heterocycles. The molecule has 1 atom stereocenters. The largest absolute Gasteiger partial charge is 0.393 e. The Hall–Kier alpha value is -0.680. The lowest BCUT2D eigenvalue weighted by molar-refractivity contribution is -0.135. The Morgan fingerprint density at radius 3 is 2.33 bits per heavy atom. The number of nitrogens with zero attached hydrogens (tertiary/aromatic N) is 2. The first-order valence-corrected chi connectivity index (χ1v) is 8.86. The number of piperidine rings is 2. The summed E-state index contributed by atoms with van der Waals surface area (Å²) in [6, 6.07) is 0.670. The van der Waals surface area contributed by atoms with Crippen molar-refractivity contribution in [3.63, 3.8) is 0 Å².